The lowest BCUT2D eigenvalue weighted by Gasteiger charge is -2.18. The molecule has 1 aliphatic heterocycles. The molecule has 0 bridgehead atoms. The van der Waals surface area contributed by atoms with Gasteiger partial charge in [0.05, 0.1) is 17.7 Å². The Morgan fingerprint density at radius 3 is 3.17 bits per heavy atom. The molecule has 2 heterocycles. The Kier molecular flexibility index (Phi) is 3.66. The van der Waals surface area contributed by atoms with Gasteiger partial charge in [-0.15, -0.1) is 11.3 Å². The third kappa shape index (κ3) is 3.07. The summed E-state index contributed by atoms with van der Waals surface area (Å²) < 4.78 is 0. The van der Waals surface area contributed by atoms with E-state index in [2.05, 4.69) is 5.32 Å². The van der Waals surface area contributed by atoms with Crippen LogP contribution in [-0.2, 0) is 4.79 Å². The number of thiophene rings is 1. The topological polar surface area (TPSA) is 76.4 Å². The number of carbonyl (C=O) groups excluding carboxylic acids is 1. The van der Waals surface area contributed by atoms with Gasteiger partial charge in [0, 0.05) is 13.1 Å². The van der Waals surface area contributed by atoms with E-state index in [0.29, 0.717) is 23.5 Å². The Balaban J connectivity index is 1.89. The molecule has 2 rings (SSSR count). The molecule has 1 unspecified atom stereocenters. The molecule has 0 saturated carbocycles. The number of anilines is 1. The summed E-state index contributed by atoms with van der Waals surface area (Å²) in [5.74, 6) is -0.147. The third-order valence-electron chi connectivity index (χ3n) is 2.94. The van der Waals surface area contributed by atoms with Gasteiger partial charge in [0.2, 0.25) is 5.91 Å². The van der Waals surface area contributed by atoms with Crippen molar-refractivity contribution in [2.24, 2.45) is 0 Å². The van der Waals surface area contributed by atoms with E-state index in [4.69, 9.17) is 5.26 Å². The number of nitrogens with zero attached hydrogens (tertiary/aromatic N) is 2. The van der Waals surface area contributed by atoms with Gasteiger partial charge < -0.3 is 10.4 Å². The van der Waals surface area contributed by atoms with E-state index in [1.807, 2.05) is 11.0 Å². The van der Waals surface area contributed by atoms with Crippen molar-refractivity contribution in [3.8, 4) is 6.07 Å². The van der Waals surface area contributed by atoms with Crippen LogP contribution in [0.15, 0.2) is 11.4 Å². The molecule has 1 saturated heterocycles. The normalized spacial score (nSPS) is 23.8. The highest BCUT2D eigenvalue weighted by Crippen LogP contribution is 2.23. The monoisotopic (exact) mass is 265 g/mol. The minimum atomic E-state index is -0.693. The number of aliphatic hydroxyl groups is 1. The highest BCUT2D eigenvalue weighted by atomic mass is 32.1. The van der Waals surface area contributed by atoms with Crippen LogP contribution < -0.4 is 5.32 Å². The molecule has 18 heavy (non-hydrogen) atoms. The van der Waals surface area contributed by atoms with Crippen molar-refractivity contribution >= 4 is 22.2 Å². The van der Waals surface area contributed by atoms with Gasteiger partial charge in [-0.2, -0.15) is 5.26 Å². The van der Waals surface area contributed by atoms with Gasteiger partial charge in [0.25, 0.3) is 0 Å². The van der Waals surface area contributed by atoms with Gasteiger partial charge >= 0.3 is 0 Å². The number of hydrogen-bond acceptors (Lipinski definition) is 5. The number of amides is 1. The zero-order chi connectivity index (χ0) is 13.2. The van der Waals surface area contributed by atoms with Crippen molar-refractivity contribution in [3.05, 3.63) is 17.0 Å². The first-order valence-corrected chi connectivity index (χ1v) is 6.60. The van der Waals surface area contributed by atoms with Crippen molar-refractivity contribution in [1.29, 1.82) is 5.26 Å². The first-order valence-electron chi connectivity index (χ1n) is 5.72. The van der Waals surface area contributed by atoms with Gasteiger partial charge in [-0.1, -0.05) is 0 Å². The largest absolute Gasteiger partial charge is 0.389 e. The number of carbonyl (C=O) groups is 1. The van der Waals surface area contributed by atoms with Gasteiger partial charge in [-0.3, -0.25) is 9.69 Å². The van der Waals surface area contributed by atoms with Crippen molar-refractivity contribution in [3.63, 3.8) is 0 Å². The molecule has 1 atom stereocenters. The maximum Gasteiger partial charge on any atom is 0.239 e. The molecular formula is C12H15N3O2S. The Morgan fingerprint density at radius 2 is 2.56 bits per heavy atom. The Morgan fingerprint density at radius 1 is 1.78 bits per heavy atom. The summed E-state index contributed by atoms with van der Waals surface area (Å²) in [6.07, 6.45) is 0.683. The summed E-state index contributed by atoms with van der Waals surface area (Å²) in [7, 11) is 0. The maximum absolute atomic E-state index is 11.8. The van der Waals surface area contributed by atoms with E-state index in [-0.39, 0.29) is 12.5 Å². The van der Waals surface area contributed by atoms with Gasteiger partial charge in [-0.25, -0.2) is 0 Å². The molecule has 6 heteroatoms. The first-order chi connectivity index (χ1) is 8.50. The predicted octanol–water partition coefficient (Wildman–Crippen LogP) is 1.01. The summed E-state index contributed by atoms with van der Waals surface area (Å²) >= 11 is 1.34. The fourth-order valence-corrected chi connectivity index (χ4v) is 2.79. The zero-order valence-electron chi connectivity index (χ0n) is 10.1. The van der Waals surface area contributed by atoms with Gasteiger partial charge in [-0.05, 0) is 24.8 Å². The summed E-state index contributed by atoms with van der Waals surface area (Å²) in [6.45, 7) is 3.25. The van der Waals surface area contributed by atoms with Crippen LogP contribution in [0, 0.1) is 11.3 Å². The lowest BCUT2D eigenvalue weighted by molar-refractivity contribution is -0.117. The number of β-amino-alcohol motifs (C(OH)–C–C–N with tert-alkyl or cyclic N) is 1. The molecule has 96 valence electrons. The second-order valence-electron chi connectivity index (χ2n) is 4.78. The van der Waals surface area contributed by atoms with Crippen molar-refractivity contribution < 1.29 is 9.90 Å². The van der Waals surface area contributed by atoms with Gasteiger partial charge in [0.15, 0.2) is 0 Å². The number of likely N-dealkylation sites (tertiary alicyclic amines) is 1. The minimum absolute atomic E-state index is 0.147. The Hall–Kier alpha value is -1.42. The molecular weight excluding hydrogens is 250 g/mol. The fraction of sp³-hybridized carbons (Fsp3) is 0.500. The second-order valence-corrected chi connectivity index (χ2v) is 5.70. The fourth-order valence-electron chi connectivity index (χ4n) is 2.04. The van der Waals surface area contributed by atoms with Crippen LogP contribution in [0.3, 0.4) is 0 Å². The van der Waals surface area contributed by atoms with E-state index in [9.17, 15) is 9.90 Å². The molecule has 1 aliphatic rings. The molecule has 5 nitrogen and oxygen atoms in total. The minimum Gasteiger partial charge on any atom is -0.389 e. The number of hydrogen-bond donors (Lipinski definition) is 2. The highest BCUT2D eigenvalue weighted by molar-refractivity contribution is 7.14. The average Bonchev–Trinajstić information content (AvgIpc) is 2.85. The zero-order valence-corrected chi connectivity index (χ0v) is 11.0. The maximum atomic E-state index is 11.8. The lowest BCUT2D eigenvalue weighted by atomic mass is 10.1. The van der Waals surface area contributed by atoms with Crippen LogP contribution in [0.4, 0.5) is 5.00 Å². The van der Waals surface area contributed by atoms with E-state index in [0.717, 1.165) is 6.54 Å². The van der Waals surface area contributed by atoms with E-state index < -0.39 is 5.60 Å². The van der Waals surface area contributed by atoms with Gasteiger partial charge in [0.1, 0.15) is 11.1 Å². The summed E-state index contributed by atoms with van der Waals surface area (Å²) in [5.41, 5.74) is -0.206. The quantitative estimate of drug-likeness (QED) is 0.855. The molecule has 2 N–H and O–H groups in total. The standard InChI is InChI=1S/C12H15N3O2S/c1-12(17)3-4-15(8-12)7-10(16)14-11-9(6-13)2-5-18-11/h2,5,17H,3-4,7-8H2,1H3,(H,14,16). The third-order valence-corrected chi connectivity index (χ3v) is 3.77. The van der Waals surface area contributed by atoms with Crippen LogP contribution >= 0.6 is 11.3 Å². The van der Waals surface area contributed by atoms with E-state index in [1.54, 1.807) is 18.4 Å². The molecule has 0 aromatic carbocycles. The summed E-state index contributed by atoms with van der Waals surface area (Å²) in [6, 6.07) is 3.71. The highest BCUT2D eigenvalue weighted by Gasteiger charge is 2.32. The van der Waals surface area contributed by atoms with Crippen LogP contribution in [0.25, 0.3) is 0 Å². The van der Waals surface area contributed by atoms with Crippen molar-refractivity contribution in [2.45, 2.75) is 18.9 Å². The Bertz CT molecular complexity index is 490. The van der Waals surface area contributed by atoms with Crippen LogP contribution in [0.1, 0.15) is 18.9 Å². The molecule has 1 amide bonds. The summed E-state index contributed by atoms with van der Waals surface area (Å²) in [5, 5.41) is 23.7. The smallest absolute Gasteiger partial charge is 0.239 e. The van der Waals surface area contributed by atoms with E-state index in [1.165, 1.54) is 11.3 Å². The number of nitrogens with one attached hydrogen (secondary N) is 1. The molecule has 1 fully saturated rings. The molecule has 1 aromatic heterocycles. The number of nitriles is 1. The molecule has 0 spiro atoms. The Labute approximate surface area is 110 Å². The van der Waals surface area contributed by atoms with Crippen LogP contribution in [0.5, 0.6) is 0 Å². The van der Waals surface area contributed by atoms with Crippen LogP contribution in [0.2, 0.25) is 0 Å². The van der Waals surface area contributed by atoms with E-state index >= 15 is 0 Å². The average molecular weight is 265 g/mol. The van der Waals surface area contributed by atoms with Crippen molar-refractivity contribution in [2.75, 3.05) is 25.0 Å². The number of rotatable bonds is 3. The second kappa shape index (κ2) is 5.06. The van der Waals surface area contributed by atoms with Crippen LogP contribution in [-0.4, -0.2) is 41.1 Å². The molecule has 1 aromatic rings. The first kappa shape index (κ1) is 13.0. The molecule has 0 radical (unpaired) electrons. The predicted molar refractivity (Wildman–Crippen MR) is 69.3 cm³/mol. The molecule has 0 aliphatic carbocycles. The van der Waals surface area contributed by atoms with Crippen molar-refractivity contribution in [1.82, 2.24) is 4.90 Å². The lowest BCUT2D eigenvalue weighted by Crippen LogP contribution is -2.35. The SMILES string of the molecule is CC1(O)CCN(CC(=O)Nc2sccc2C#N)C1. The summed E-state index contributed by atoms with van der Waals surface area (Å²) in [4.78, 5) is 13.7.